The van der Waals surface area contributed by atoms with Gasteiger partial charge in [0.05, 0.1) is 6.54 Å². The fraction of sp³-hybridized carbons (Fsp3) is 0.929. The minimum atomic E-state index is 0.0133. The fourth-order valence-corrected chi connectivity index (χ4v) is 2.93. The van der Waals surface area contributed by atoms with Crippen LogP contribution < -0.4 is 5.32 Å². The van der Waals surface area contributed by atoms with Crippen molar-refractivity contribution in [3.63, 3.8) is 0 Å². The molecule has 104 valence electrons. The van der Waals surface area contributed by atoms with Crippen molar-refractivity contribution in [3.05, 3.63) is 0 Å². The maximum Gasteiger partial charge on any atom is 0.234 e. The molecule has 0 unspecified atom stereocenters. The lowest BCUT2D eigenvalue weighted by Gasteiger charge is -2.39. The number of carbonyl (C=O) groups is 1. The van der Waals surface area contributed by atoms with E-state index >= 15 is 0 Å². The lowest BCUT2D eigenvalue weighted by molar-refractivity contribution is -0.124. The first-order valence-corrected chi connectivity index (χ1v) is 7.29. The molecule has 0 aromatic rings. The SMILES string of the molecule is CN1CCC(C)(NC(=O)CN2CCCCC2)CC1. The van der Waals surface area contributed by atoms with Gasteiger partial charge in [0.2, 0.25) is 5.91 Å². The van der Waals surface area contributed by atoms with Gasteiger partial charge >= 0.3 is 0 Å². The smallest absolute Gasteiger partial charge is 0.234 e. The van der Waals surface area contributed by atoms with Gasteiger partial charge in [0.1, 0.15) is 0 Å². The molecular weight excluding hydrogens is 226 g/mol. The highest BCUT2D eigenvalue weighted by molar-refractivity contribution is 5.78. The van der Waals surface area contributed by atoms with Crippen LogP contribution in [0.15, 0.2) is 0 Å². The van der Waals surface area contributed by atoms with Crippen molar-refractivity contribution in [1.29, 1.82) is 0 Å². The van der Waals surface area contributed by atoms with Crippen LogP contribution >= 0.6 is 0 Å². The van der Waals surface area contributed by atoms with Gasteiger partial charge in [-0.05, 0) is 52.7 Å². The van der Waals surface area contributed by atoms with Gasteiger partial charge in [-0.15, -0.1) is 0 Å². The maximum absolute atomic E-state index is 12.1. The Morgan fingerprint density at radius 1 is 1.11 bits per heavy atom. The van der Waals surface area contributed by atoms with Gasteiger partial charge in [-0.1, -0.05) is 6.42 Å². The monoisotopic (exact) mass is 253 g/mol. The van der Waals surface area contributed by atoms with E-state index < -0.39 is 0 Å². The second-order valence-electron chi connectivity index (χ2n) is 6.25. The molecule has 0 aromatic carbocycles. The van der Waals surface area contributed by atoms with E-state index in [9.17, 15) is 4.79 Å². The number of likely N-dealkylation sites (tertiary alicyclic amines) is 2. The lowest BCUT2D eigenvalue weighted by Crippen LogP contribution is -2.54. The standard InChI is InChI=1S/C14H27N3O/c1-14(6-10-16(2)11-7-14)15-13(18)12-17-8-4-3-5-9-17/h3-12H2,1-2H3,(H,15,18). The maximum atomic E-state index is 12.1. The normalized spacial score (nSPS) is 25.9. The third-order valence-corrected chi connectivity index (χ3v) is 4.35. The molecule has 0 atom stereocenters. The van der Waals surface area contributed by atoms with Gasteiger partial charge in [-0.3, -0.25) is 9.69 Å². The minimum Gasteiger partial charge on any atom is -0.350 e. The van der Waals surface area contributed by atoms with Crippen LogP contribution in [0.5, 0.6) is 0 Å². The van der Waals surface area contributed by atoms with Gasteiger partial charge in [-0.25, -0.2) is 0 Å². The summed E-state index contributed by atoms with van der Waals surface area (Å²) < 4.78 is 0. The summed E-state index contributed by atoms with van der Waals surface area (Å²) in [5.41, 5.74) is 0.0133. The summed E-state index contributed by atoms with van der Waals surface area (Å²) in [4.78, 5) is 16.7. The molecule has 0 saturated carbocycles. The highest BCUT2D eigenvalue weighted by atomic mass is 16.2. The van der Waals surface area contributed by atoms with E-state index in [1.807, 2.05) is 0 Å². The topological polar surface area (TPSA) is 35.6 Å². The van der Waals surface area contributed by atoms with E-state index in [4.69, 9.17) is 0 Å². The summed E-state index contributed by atoms with van der Waals surface area (Å²) in [7, 11) is 2.15. The molecule has 2 saturated heterocycles. The van der Waals surface area contributed by atoms with E-state index in [2.05, 4.69) is 29.1 Å². The Bertz CT molecular complexity index is 279. The van der Waals surface area contributed by atoms with Crippen LogP contribution in [0.3, 0.4) is 0 Å². The van der Waals surface area contributed by atoms with Gasteiger partial charge in [0, 0.05) is 18.6 Å². The molecule has 1 amide bonds. The van der Waals surface area contributed by atoms with Gasteiger partial charge in [0.15, 0.2) is 0 Å². The number of hydrogen-bond donors (Lipinski definition) is 1. The first-order valence-electron chi connectivity index (χ1n) is 7.29. The highest BCUT2D eigenvalue weighted by Gasteiger charge is 2.30. The Morgan fingerprint density at radius 3 is 2.33 bits per heavy atom. The van der Waals surface area contributed by atoms with E-state index in [0.29, 0.717) is 6.54 Å². The van der Waals surface area contributed by atoms with Crippen molar-refractivity contribution in [2.45, 2.75) is 44.6 Å². The fourth-order valence-electron chi connectivity index (χ4n) is 2.93. The van der Waals surface area contributed by atoms with Crippen molar-refractivity contribution < 1.29 is 4.79 Å². The third kappa shape index (κ3) is 3.95. The Balaban J connectivity index is 1.75. The molecule has 0 spiro atoms. The first kappa shape index (κ1) is 13.8. The van der Waals surface area contributed by atoms with E-state index in [0.717, 1.165) is 39.0 Å². The summed E-state index contributed by atoms with van der Waals surface area (Å²) in [6.45, 7) is 7.13. The predicted octanol–water partition coefficient (Wildman–Crippen LogP) is 1.07. The largest absolute Gasteiger partial charge is 0.350 e. The Kier molecular flexibility index (Phi) is 4.62. The number of nitrogens with one attached hydrogen (secondary N) is 1. The zero-order valence-corrected chi connectivity index (χ0v) is 11.9. The van der Waals surface area contributed by atoms with Crippen LogP contribution in [-0.4, -0.2) is 61.0 Å². The molecule has 0 aromatic heterocycles. The van der Waals surface area contributed by atoms with Crippen LogP contribution in [0.4, 0.5) is 0 Å². The second kappa shape index (κ2) is 6.02. The third-order valence-electron chi connectivity index (χ3n) is 4.35. The summed E-state index contributed by atoms with van der Waals surface area (Å²) >= 11 is 0. The Labute approximate surface area is 111 Å². The van der Waals surface area contributed by atoms with Crippen LogP contribution in [-0.2, 0) is 4.79 Å². The second-order valence-corrected chi connectivity index (χ2v) is 6.25. The number of rotatable bonds is 3. The lowest BCUT2D eigenvalue weighted by atomic mass is 9.90. The van der Waals surface area contributed by atoms with Crippen molar-refractivity contribution in [2.75, 3.05) is 39.8 Å². The number of hydrogen-bond acceptors (Lipinski definition) is 3. The molecule has 18 heavy (non-hydrogen) atoms. The van der Waals surface area contributed by atoms with E-state index in [-0.39, 0.29) is 11.4 Å². The van der Waals surface area contributed by atoms with Crippen molar-refractivity contribution in [1.82, 2.24) is 15.1 Å². The molecule has 2 aliphatic heterocycles. The van der Waals surface area contributed by atoms with Gasteiger partial charge in [-0.2, -0.15) is 0 Å². The number of amides is 1. The molecular formula is C14H27N3O. The van der Waals surface area contributed by atoms with Crippen LogP contribution in [0.1, 0.15) is 39.0 Å². The highest BCUT2D eigenvalue weighted by Crippen LogP contribution is 2.20. The van der Waals surface area contributed by atoms with Crippen molar-refractivity contribution >= 4 is 5.91 Å². The molecule has 4 heteroatoms. The summed E-state index contributed by atoms with van der Waals surface area (Å²) in [6, 6.07) is 0. The van der Waals surface area contributed by atoms with Gasteiger partial charge < -0.3 is 10.2 Å². The minimum absolute atomic E-state index is 0.0133. The Hall–Kier alpha value is -0.610. The van der Waals surface area contributed by atoms with Crippen LogP contribution in [0.25, 0.3) is 0 Å². The molecule has 4 nitrogen and oxygen atoms in total. The Morgan fingerprint density at radius 2 is 1.72 bits per heavy atom. The molecule has 0 radical (unpaired) electrons. The quantitative estimate of drug-likeness (QED) is 0.817. The summed E-state index contributed by atoms with van der Waals surface area (Å²) in [5, 5.41) is 3.26. The average molecular weight is 253 g/mol. The number of carbonyl (C=O) groups excluding carboxylic acids is 1. The number of nitrogens with zero attached hydrogens (tertiary/aromatic N) is 2. The molecule has 0 bridgehead atoms. The van der Waals surface area contributed by atoms with Gasteiger partial charge in [0.25, 0.3) is 0 Å². The zero-order chi connectivity index (χ0) is 13.0. The summed E-state index contributed by atoms with van der Waals surface area (Å²) in [6.07, 6.45) is 5.94. The molecule has 2 heterocycles. The zero-order valence-electron chi connectivity index (χ0n) is 11.9. The molecule has 2 rings (SSSR count). The molecule has 2 fully saturated rings. The molecule has 0 aliphatic carbocycles. The summed E-state index contributed by atoms with van der Waals surface area (Å²) in [5.74, 6) is 0.212. The van der Waals surface area contributed by atoms with E-state index in [1.54, 1.807) is 0 Å². The number of piperidine rings is 2. The van der Waals surface area contributed by atoms with Crippen LogP contribution in [0, 0.1) is 0 Å². The molecule has 2 aliphatic rings. The molecule has 1 N–H and O–H groups in total. The first-order chi connectivity index (χ1) is 8.57. The van der Waals surface area contributed by atoms with E-state index in [1.165, 1.54) is 19.3 Å². The van der Waals surface area contributed by atoms with Crippen molar-refractivity contribution in [2.24, 2.45) is 0 Å². The average Bonchev–Trinajstić information content (AvgIpc) is 2.34. The predicted molar refractivity (Wildman–Crippen MR) is 73.6 cm³/mol. The van der Waals surface area contributed by atoms with Crippen molar-refractivity contribution in [3.8, 4) is 0 Å². The van der Waals surface area contributed by atoms with Crippen LogP contribution in [0.2, 0.25) is 0 Å².